The summed E-state index contributed by atoms with van der Waals surface area (Å²) in [6, 6.07) is 10.3. The van der Waals surface area contributed by atoms with Gasteiger partial charge in [-0.15, -0.1) is 0 Å². The van der Waals surface area contributed by atoms with Crippen molar-refractivity contribution in [2.45, 2.75) is 12.5 Å². The molecule has 1 heterocycles. The van der Waals surface area contributed by atoms with E-state index in [4.69, 9.17) is 5.73 Å². The lowest BCUT2D eigenvalue weighted by atomic mass is 10.0. The van der Waals surface area contributed by atoms with Crippen LogP contribution in [0.4, 0.5) is 0 Å². The highest BCUT2D eigenvalue weighted by molar-refractivity contribution is 7.98. The molecule has 3 heteroatoms. The molecule has 0 bridgehead atoms. The van der Waals surface area contributed by atoms with Crippen LogP contribution >= 0.6 is 11.8 Å². The van der Waals surface area contributed by atoms with E-state index in [1.807, 2.05) is 24.0 Å². The Bertz CT molecular complexity index is 465. The van der Waals surface area contributed by atoms with Crippen LogP contribution in [0.5, 0.6) is 0 Å². The Labute approximate surface area is 100 Å². The molecule has 0 saturated heterocycles. The molecule has 1 atom stereocenters. The number of benzene rings is 1. The molecule has 16 heavy (non-hydrogen) atoms. The number of pyridine rings is 1. The van der Waals surface area contributed by atoms with E-state index in [0.717, 1.165) is 23.3 Å². The topological polar surface area (TPSA) is 38.9 Å². The van der Waals surface area contributed by atoms with Crippen LogP contribution in [0.3, 0.4) is 0 Å². The number of thioether (sulfide) groups is 1. The Hall–Kier alpha value is -1.06. The van der Waals surface area contributed by atoms with Gasteiger partial charge in [0.1, 0.15) is 0 Å². The van der Waals surface area contributed by atoms with E-state index in [9.17, 15) is 0 Å². The highest BCUT2D eigenvalue weighted by Gasteiger charge is 2.09. The van der Waals surface area contributed by atoms with Gasteiger partial charge in [0.15, 0.2) is 0 Å². The molecule has 2 N–H and O–H groups in total. The SMILES string of the molecule is CSCCC(N)c1cccc2cccnc12. The van der Waals surface area contributed by atoms with Crippen molar-refractivity contribution in [3.05, 3.63) is 42.1 Å². The average Bonchev–Trinajstić information content (AvgIpc) is 2.35. The molecule has 0 aliphatic rings. The smallest absolute Gasteiger partial charge is 0.0749 e. The van der Waals surface area contributed by atoms with Gasteiger partial charge >= 0.3 is 0 Å². The van der Waals surface area contributed by atoms with Gasteiger partial charge in [-0.25, -0.2) is 0 Å². The van der Waals surface area contributed by atoms with E-state index in [2.05, 4.69) is 35.5 Å². The van der Waals surface area contributed by atoms with Crippen LogP contribution in [0.15, 0.2) is 36.5 Å². The molecule has 0 amide bonds. The first kappa shape index (κ1) is 11.4. The number of fused-ring (bicyclic) bond motifs is 1. The number of nitrogens with two attached hydrogens (primary N) is 1. The largest absolute Gasteiger partial charge is 0.324 e. The van der Waals surface area contributed by atoms with E-state index in [0.29, 0.717) is 0 Å². The lowest BCUT2D eigenvalue weighted by Crippen LogP contribution is -2.12. The Kier molecular flexibility index (Phi) is 3.80. The van der Waals surface area contributed by atoms with Crippen molar-refractivity contribution < 1.29 is 0 Å². The second-order valence-electron chi connectivity index (χ2n) is 3.81. The van der Waals surface area contributed by atoms with E-state index in [1.54, 1.807) is 0 Å². The summed E-state index contributed by atoms with van der Waals surface area (Å²) in [6.07, 6.45) is 4.93. The monoisotopic (exact) mass is 232 g/mol. The molecule has 0 aliphatic carbocycles. The minimum Gasteiger partial charge on any atom is -0.324 e. The maximum atomic E-state index is 6.19. The van der Waals surface area contributed by atoms with Gasteiger partial charge in [0, 0.05) is 17.6 Å². The summed E-state index contributed by atoms with van der Waals surface area (Å²) in [6.45, 7) is 0. The average molecular weight is 232 g/mol. The predicted octanol–water partition coefficient (Wildman–Crippen LogP) is 2.99. The fourth-order valence-electron chi connectivity index (χ4n) is 1.83. The van der Waals surface area contributed by atoms with Gasteiger partial charge in [0.25, 0.3) is 0 Å². The van der Waals surface area contributed by atoms with Crippen LogP contribution in [0.25, 0.3) is 10.9 Å². The van der Waals surface area contributed by atoms with Gasteiger partial charge in [-0.2, -0.15) is 11.8 Å². The number of para-hydroxylation sites is 1. The third kappa shape index (κ3) is 2.36. The van der Waals surface area contributed by atoms with Crippen molar-refractivity contribution in [3.8, 4) is 0 Å². The number of nitrogens with zero attached hydrogens (tertiary/aromatic N) is 1. The second kappa shape index (κ2) is 5.32. The zero-order valence-electron chi connectivity index (χ0n) is 9.39. The molecule has 2 aromatic rings. The lowest BCUT2D eigenvalue weighted by Gasteiger charge is -2.13. The van der Waals surface area contributed by atoms with Crippen LogP contribution in [0.1, 0.15) is 18.0 Å². The fraction of sp³-hybridized carbons (Fsp3) is 0.308. The zero-order valence-corrected chi connectivity index (χ0v) is 10.2. The van der Waals surface area contributed by atoms with Crippen molar-refractivity contribution in [3.63, 3.8) is 0 Å². The number of aromatic nitrogens is 1. The van der Waals surface area contributed by atoms with Gasteiger partial charge in [-0.3, -0.25) is 4.98 Å². The number of hydrogen-bond donors (Lipinski definition) is 1. The quantitative estimate of drug-likeness (QED) is 0.880. The lowest BCUT2D eigenvalue weighted by molar-refractivity contribution is 0.710. The fourth-order valence-corrected chi connectivity index (χ4v) is 2.32. The number of rotatable bonds is 4. The van der Waals surface area contributed by atoms with Crippen LogP contribution in [0.2, 0.25) is 0 Å². The first-order valence-corrected chi connectivity index (χ1v) is 6.80. The molecule has 0 saturated carbocycles. The van der Waals surface area contributed by atoms with Gasteiger partial charge in [-0.1, -0.05) is 24.3 Å². The second-order valence-corrected chi connectivity index (χ2v) is 4.80. The Morgan fingerprint density at radius 2 is 2.12 bits per heavy atom. The highest BCUT2D eigenvalue weighted by atomic mass is 32.2. The summed E-state index contributed by atoms with van der Waals surface area (Å²) in [5, 5.41) is 1.17. The normalized spacial score (nSPS) is 12.9. The molecule has 0 aliphatic heterocycles. The van der Waals surface area contributed by atoms with Crippen LogP contribution in [0, 0.1) is 0 Å². The zero-order chi connectivity index (χ0) is 11.4. The molecule has 1 aromatic heterocycles. The van der Waals surface area contributed by atoms with Crippen molar-refractivity contribution in [1.29, 1.82) is 0 Å². The van der Waals surface area contributed by atoms with E-state index in [-0.39, 0.29) is 6.04 Å². The van der Waals surface area contributed by atoms with Gasteiger partial charge in [0.2, 0.25) is 0 Å². The maximum absolute atomic E-state index is 6.19. The van der Waals surface area contributed by atoms with Crippen molar-refractivity contribution in [2.75, 3.05) is 12.0 Å². The van der Waals surface area contributed by atoms with E-state index >= 15 is 0 Å². The number of hydrogen-bond acceptors (Lipinski definition) is 3. The van der Waals surface area contributed by atoms with E-state index < -0.39 is 0 Å². The summed E-state index contributed by atoms with van der Waals surface area (Å²) < 4.78 is 0. The third-order valence-electron chi connectivity index (χ3n) is 2.70. The molecular weight excluding hydrogens is 216 g/mol. The van der Waals surface area contributed by atoms with Gasteiger partial charge < -0.3 is 5.73 Å². The molecular formula is C13H16N2S. The molecule has 0 spiro atoms. The van der Waals surface area contributed by atoms with Gasteiger partial charge in [-0.05, 0) is 30.1 Å². The summed E-state index contributed by atoms with van der Waals surface area (Å²) >= 11 is 1.83. The minimum absolute atomic E-state index is 0.0889. The van der Waals surface area contributed by atoms with Crippen LogP contribution in [-0.2, 0) is 0 Å². The summed E-state index contributed by atoms with van der Waals surface area (Å²) in [4.78, 5) is 4.42. The maximum Gasteiger partial charge on any atom is 0.0749 e. The Balaban J connectivity index is 2.36. The highest BCUT2D eigenvalue weighted by Crippen LogP contribution is 2.23. The minimum atomic E-state index is 0.0889. The molecule has 1 aromatic carbocycles. The molecule has 2 nitrogen and oxygen atoms in total. The summed E-state index contributed by atoms with van der Waals surface area (Å²) in [5.74, 6) is 1.09. The molecule has 2 rings (SSSR count). The van der Waals surface area contributed by atoms with Crippen LogP contribution in [-0.4, -0.2) is 17.0 Å². The molecule has 84 valence electrons. The summed E-state index contributed by atoms with van der Waals surface area (Å²) in [7, 11) is 0. The summed E-state index contributed by atoms with van der Waals surface area (Å²) in [5.41, 5.74) is 8.39. The standard InChI is InChI=1S/C13H16N2S/c1-16-9-7-12(14)11-6-2-4-10-5-3-8-15-13(10)11/h2-6,8,12H,7,9,14H2,1H3. The van der Waals surface area contributed by atoms with E-state index in [1.165, 1.54) is 5.39 Å². The Morgan fingerprint density at radius 1 is 1.31 bits per heavy atom. The predicted molar refractivity (Wildman–Crippen MR) is 71.7 cm³/mol. The Morgan fingerprint density at radius 3 is 2.94 bits per heavy atom. The van der Waals surface area contributed by atoms with Crippen molar-refractivity contribution >= 4 is 22.7 Å². The molecule has 0 radical (unpaired) electrons. The van der Waals surface area contributed by atoms with Crippen molar-refractivity contribution in [2.24, 2.45) is 5.73 Å². The van der Waals surface area contributed by atoms with Crippen LogP contribution < -0.4 is 5.73 Å². The van der Waals surface area contributed by atoms with Gasteiger partial charge in [0.05, 0.1) is 5.52 Å². The first-order chi connectivity index (χ1) is 7.83. The third-order valence-corrected chi connectivity index (χ3v) is 3.34. The molecule has 0 fully saturated rings. The first-order valence-electron chi connectivity index (χ1n) is 5.41. The van der Waals surface area contributed by atoms with Crippen molar-refractivity contribution in [1.82, 2.24) is 4.98 Å². The molecule has 1 unspecified atom stereocenters.